The summed E-state index contributed by atoms with van der Waals surface area (Å²) in [4.78, 5) is 13.9. The molecular weight excluding hydrogens is 276 g/mol. The molecule has 2 atom stereocenters. The minimum absolute atomic E-state index is 0.0207. The topological polar surface area (TPSA) is 41.6 Å². The SMILES string of the molecule is O=C1COC(C2CCCNC2)CN1c1ccc(Cl)cc1. The van der Waals surface area contributed by atoms with E-state index in [1.165, 1.54) is 12.8 Å². The number of piperidine rings is 1. The number of hydrogen-bond acceptors (Lipinski definition) is 3. The van der Waals surface area contributed by atoms with Crippen LogP contribution in [0.1, 0.15) is 12.8 Å². The van der Waals surface area contributed by atoms with Crippen LogP contribution in [0.4, 0.5) is 5.69 Å². The number of nitrogens with one attached hydrogen (secondary N) is 1. The Labute approximate surface area is 124 Å². The molecule has 0 aliphatic carbocycles. The first kappa shape index (κ1) is 13.9. The van der Waals surface area contributed by atoms with Gasteiger partial charge in [0.05, 0.1) is 12.6 Å². The largest absolute Gasteiger partial charge is 0.366 e. The van der Waals surface area contributed by atoms with Crippen LogP contribution < -0.4 is 10.2 Å². The van der Waals surface area contributed by atoms with Crippen LogP contribution in [0.2, 0.25) is 5.02 Å². The van der Waals surface area contributed by atoms with Crippen molar-refractivity contribution < 1.29 is 9.53 Å². The van der Waals surface area contributed by atoms with Crippen molar-refractivity contribution in [1.82, 2.24) is 5.32 Å². The molecule has 0 saturated carbocycles. The fraction of sp³-hybridized carbons (Fsp3) is 0.533. The molecule has 5 heteroatoms. The third-order valence-corrected chi connectivity index (χ3v) is 4.34. The molecular formula is C15H19ClN2O2. The molecule has 4 nitrogen and oxygen atoms in total. The number of nitrogens with zero attached hydrogens (tertiary/aromatic N) is 1. The van der Waals surface area contributed by atoms with Crippen LogP contribution in [0.15, 0.2) is 24.3 Å². The molecule has 0 spiro atoms. The van der Waals surface area contributed by atoms with Crippen molar-refractivity contribution in [2.45, 2.75) is 18.9 Å². The van der Waals surface area contributed by atoms with Crippen molar-refractivity contribution in [3.63, 3.8) is 0 Å². The van der Waals surface area contributed by atoms with Gasteiger partial charge in [0.15, 0.2) is 0 Å². The number of rotatable bonds is 2. The van der Waals surface area contributed by atoms with E-state index in [0.717, 1.165) is 18.8 Å². The van der Waals surface area contributed by atoms with Crippen LogP contribution in [0.3, 0.4) is 0 Å². The third kappa shape index (κ3) is 2.97. The minimum Gasteiger partial charge on any atom is -0.366 e. The van der Waals surface area contributed by atoms with E-state index in [-0.39, 0.29) is 18.6 Å². The summed E-state index contributed by atoms with van der Waals surface area (Å²) in [6.07, 6.45) is 2.47. The van der Waals surface area contributed by atoms with E-state index in [9.17, 15) is 4.79 Å². The molecule has 2 saturated heterocycles. The summed E-state index contributed by atoms with van der Waals surface area (Å²) in [5, 5.41) is 4.09. The summed E-state index contributed by atoms with van der Waals surface area (Å²) in [6.45, 7) is 2.87. The van der Waals surface area contributed by atoms with Gasteiger partial charge in [-0.25, -0.2) is 0 Å². The average Bonchev–Trinajstić information content (AvgIpc) is 2.50. The smallest absolute Gasteiger partial charge is 0.253 e. The molecule has 1 aromatic carbocycles. The van der Waals surface area contributed by atoms with E-state index in [0.29, 0.717) is 17.5 Å². The summed E-state index contributed by atoms with van der Waals surface area (Å²) in [6, 6.07) is 7.41. The monoisotopic (exact) mass is 294 g/mol. The summed E-state index contributed by atoms with van der Waals surface area (Å²) < 4.78 is 5.75. The number of ether oxygens (including phenoxy) is 1. The highest BCUT2D eigenvalue weighted by Crippen LogP contribution is 2.25. The van der Waals surface area contributed by atoms with Gasteiger partial charge in [-0.2, -0.15) is 0 Å². The van der Waals surface area contributed by atoms with Gasteiger partial charge in [-0.05, 0) is 49.6 Å². The maximum absolute atomic E-state index is 12.1. The second kappa shape index (κ2) is 6.12. The number of halogens is 1. The van der Waals surface area contributed by atoms with Crippen molar-refractivity contribution in [3.05, 3.63) is 29.3 Å². The van der Waals surface area contributed by atoms with Gasteiger partial charge in [0.1, 0.15) is 6.61 Å². The Morgan fingerprint density at radius 1 is 1.30 bits per heavy atom. The van der Waals surface area contributed by atoms with Gasteiger partial charge in [0, 0.05) is 17.3 Å². The summed E-state index contributed by atoms with van der Waals surface area (Å²) in [5.74, 6) is 0.513. The number of amides is 1. The van der Waals surface area contributed by atoms with Crippen molar-refractivity contribution >= 4 is 23.2 Å². The van der Waals surface area contributed by atoms with E-state index in [4.69, 9.17) is 16.3 Å². The Bertz CT molecular complexity index is 471. The predicted octanol–water partition coefficient (Wildman–Crippen LogP) is 2.07. The van der Waals surface area contributed by atoms with Crippen molar-refractivity contribution in [2.75, 3.05) is 31.1 Å². The van der Waals surface area contributed by atoms with Gasteiger partial charge in [-0.15, -0.1) is 0 Å². The normalized spacial score (nSPS) is 27.6. The predicted molar refractivity (Wildman–Crippen MR) is 79.1 cm³/mol. The fourth-order valence-electron chi connectivity index (χ4n) is 2.94. The Balaban J connectivity index is 1.72. The molecule has 2 heterocycles. The summed E-state index contributed by atoms with van der Waals surface area (Å²) in [7, 11) is 0. The molecule has 2 unspecified atom stereocenters. The first-order valence-electron chi connectivity index (χ1n) is 7.12. The maximum atomic E-state index is 12.1. The number of anilines is 1. The van der Waals surface area contributed by atoms with Crippen LogP contribution in [-0.4, -0.2) is 38.3 Å². The number of morpholine rings is 1. The van der Waals surface area contributed by atoms with Crippen LogP contribution in [-0.2, 0) is 9.53 Å². The van der Waals surface area contributed by atoms with E-state index in [1.807, 2.05) is 29.2 Å². The van der Waals surface area contributed by atoms with Crippen molar-refractivity contribution in [2.24, 2.45) is 5.92 Å². The number of benzene rings is 1. The van der Waals surface area contributed by atoms with E-state index < -0.39 is 0 Å². The Hall–Kier alpha value is -1.10. The first-order valence-corrected chi connectivity index (χ1v) is 7.50. The Morgan fingerprint density at radius 3 is 2.80 bits per heavy atom. The van der Waals surface area contributed by atoms with Crippen molar-refractivity contribution in [1.29, 1.82) is 0 Å². The first-order chi connectivity index (χ1) is 9.74. The second-order valence-electron chi connectivity index (χ2n) is 5.44. The van der Waals surface area contributed by atoms with E-state index >= 15 is 0 Å². The van der Waals surface area contributed by atoms with Gasteiger partial charge >= 0.3 is 0 Å². The second-order valence-corrected chi connectivity index (χ2v) is 5.87. The quantitative estimate of drug-likeness (QED) is 0.908. The minimum atomic E-state index is 0.0207. The average molecular weight is 295 g/mol. The number of carbonyl (C=O) groups is 1. The van der Waals surface area contributed by atoms with Crippen LogP contribution in [0, 0.1) is 5.92 Å². The highest BCUT2D eigenvalue weighted by Gasteiger charge is 2.33. The molecule has 1 N–H and O–H groups in total. The molecule has 0 bridgehead atoms. The van der Waals surface area contributed by atoms with Gasteiger partial charge < -0.3 is 15.0 Å². The van der Waals surface area contributed by atoms with Gasteiger partial charge in [0.2, 0.25) is 0 Å². The molecule has 0 radical (unpaired) electrons. The molecule has 2 fully saturated rings. The fourth-order valence-corrected chi connectivity index (χ4v) is 3.07. The lowest BCUT2D eigenvalue weighted by Crippen LogP contribution is -2.52. The molecule has 0 aromatic heterocycles. The van der Waals surface area contributed by atoms with Gasteiger partial charge in [-0.1, -0.05) is 11.6 Å². The molecule has 3 rings (SSSR count). The van der Waals surface area contributed by atoms with Crippen LogP contribution in [0.5, 0.6) is 0 Å². The molecule has 2 aliphatic heterocycles. The lowest BCUT2D eigenvalue weighted by molar-refractivity contribution is -0.131. The third-order valence-electron chi connectivity index (χ3n) is 4.08. The van der Waals surface area contributed by atoms with Gasteiger partial charge in [0.25, 0.3) is 5.91 Å². The number of carbonyl (C=O) groups excluding carboxylic acids is 1. The van der Waals surface area contributed by atoms with Crippen molar-refractivity contribution in [3.8, 4) is 0 Å². The molecule has 20 heavy (non-hydrogen) atoms. The Kier molecular flexibility index (Phi) is 4.24. The molecule has 1 amide bonds. The summed E-state index contributed by atoms with van der Waals surface area (Å²) >= 11 is 5.90. The lowest BCUT2D eigenvalue weighted by Gasteiger charge is -2.38. The maximum Gasteiger partial charge on any atom is 0.253 e. The number of hydrogen-bond donors (Lipinski definition) is 1. The zero-order valence-electron chi connectivity index (χ0n) is 11.3. The summed E-state index contributed by atoms with van der Waals surface area (Å²) in [5.41, 5.74) is 0.900. The Morgan fingerprint density at radius 2 is 2.10 bits per heavy atom. The molecule has 1 aromatic rings. The molecule has 2 aliphatic rings. The highest BCUT2D eigenvalue weighted by molar-refractivity contribution is 6.30. The standard InChI is InChI=1S/C15H19ClN2O2/c16-12-3-5-13(6-4-12)18-9-14(20-10-15(18)19)11-2-1-7-17-8-11/h3-6,11,14,17H,1-2,7-10H2. The van der Waals surface area contributed by atoms with Crippen LogP contribution in [0.25, 0.3) is 0 Å². The zero-order valence-corrected chi connectivity index (χ0v) is 12.1. The zero-order chi connectivity index (χ0) is 13.9. The van der Waals surface area contributed by atoms with E-state index in [2.05, 4.69) is 5.32 Å². The highest BCUT2D eigenvalue weighted by atomic mass is 35.5. The van der Waals surface area contributed by atoms with Gasteiger partial charge in [-0.3, -0.25) is 4.79 Å². The van der Waals surface area contributed by atoms with E-state index in [1.54, 1.807) is 0 Å². The molecule has 108 valence electrons. The lowest BCUT2D eigenvalue weighted by atomic mass is 9.92. The van der Waals surface area contributed by atoms with Crippen LogP contribution >= 0.6 is 11.6 Å².